The Morgan fingerprint density at radius 1 is 0.544 bits per heavy atom. The molecule has 0 saturated carbocycles. The first-order chi connectivity index (χ1) is 32.4. The standard InChI is InChI=1S/C40H64N6O22/c47-13-23(53)27(55)35(67-39-33(61)31(59)29(57)25(15-49)65-39)21(51)11-41-5-7-45-37(63)17-1-3-43-19(9-17)20-10-18(2-4-44-20)38(64)46-8-6-42-12-22(52)36(28(56)24(54)14-48)68-40-34(62)32(60)30(58)26(16-50)66-40/h1-4,9-10,21-36,39-42,47-62H,5-8,11-16H2,(H,45,63)(H,46,64)/t21-,22-,23+,24+,25-,26-,27-,28-,29-,30-,31+,32+,33-,34-,35-,36-,39+,40+/m1/s1. The van der Waals surface area contributed by atoms with Crippen LogP contribution in [0.25, 0.3) is 11.4 Å². The summed E-state index contributed by atoms with van der Waals surface area (Å²) in [5.74, 6) is -1.09. The van der Waals surface area contributed by atoms with Gasteiger partial charge in [0.2, 0.25) is 0 Å². The molecule has 0 aliphatic carbocycles. The molecule has 2 aliphatic rings. The molecule has 68 heavy (non-hydrogen) atoms. The van der Waals surface area contributed by atoms with Crippen LogP contribution < -0.4 is 21.3 Å². The maximum absolute atomic E-state index is 13.0. The molecule has 20 N–H and O–H groups in total. The Bertz CT molecular complexity index is 1700. The summed E-state index contributed by atoms with van der Waals surface area (Å²) < 4.78 is 21.5. The molecule has 2 aromatic heterocycles. The average molecular weight is 981 g/mol. The van der Waals surface area contributed by atoms with Crippen LogP contribution in [-0.4, -0.2) is 279 Å². The van der Waals surface area contributed by atoms with Gasteiger partial charge in [-0.05, 0) is 24.3 Å². The smallest absolute Gasteiger partial charge is 0.251 e. The molecule has 0 unspecified atom stereocenters. The van der Waals surface area contributed by atoms with Gasteiger partial charge in [0.1, 0.15) is 85.5 Å². The Balaban J connectivity index is 1.25. The number of carbonyl (C=O) groups excluding carboxylic acids is 2. The summed E-state index contributed by atoms with van der Waals surface area (Å²) in [7, 11) is 0. The molecule has 28 nitrogen and oxygen atoms in total. The third-order valence-electron chi connectivity index (χ3n) is 11.1. The molecule has 2 amide bonds. The Morgan fingerprint density at radius 3 is 1.25 bits per heavy atom. The van der Waals surface area contributed by atoms with Crippen molar-refractivity contribution < 1.29 is 110 Å². The van der Waals surface area contributed by atoms with E-state index in [0.717, 1.165) is 0 Å². The van der Waals surface area contributed by atoms with Crippen molar-refractivity contribution in [2.75, 3.05) is 65.7 Å². The van der Waals surface area contributed by atoms with E-state index in [-0.39, 0.29) is 61.8 Å². The van der Waals surface area contributed by atoms with Crippen molar-refractivity contribution in [2.24, 2.45) is 0 Å². The van der Waals surface area contributed by atoms with Gasteiger partial charge in [-0.25, -0.2) is 0 Å². The van der Waals surface area contributed by atoms with E-state index in [1.807, 2.05) is 0 Å². The van der Waals surface area contributed by atoms with Crippen LogP contribution in [0, 0.1) is 0 Å². The zero-order valence-corrected chi connectivity index (χ0v) is 36.4. The highest BCUT2D eigenvalue weighted by Crippen LogP contribution is 2.27. The van der Waals surface area contributed by atoms with E-state index in [1.54, 1.807) is 0 Å². The third-order valence-corrected chi connectivity index (χ3v) is 11.1. The fourth-order valence-corrected chi connectivity index (χ4v) is 7.01. The van der Waals surface area contributed by atoms with E-state index in [1.165, 1.54) is 36.7 Å². The van der Waals surface area contributed by atoms with Crippen molar-refractivity contribution in [3.05, 3.63) is 47.8 Å². The topological polar surface area (TPSA) is 469 Å². The summed E-state index contributed by atoms with van der Waals surface area (Å²) in [6, 6.07) is 5.69. The normalized spacial score (nSPS) is 28.9. The Morgan fingerprint density at radius 2 is 0.912 bits per heavy atom. The average Bonchev–Trinajstić information content (AvgIpc) is 3.35. The number of nitrogens with one attached hydrogen (secondary N) is 4. The van der Waals surface area contributed by atoms with E-state index in [9.17, 15) is 91.3 Å². The van der Waals surface area contributed by atoms with E-state index < -0.39 is 148 Å². The van der Waals surface area contributed by atoms with E-state index in [4.69, 9.17) is 18.9 Å². The molecule has 2 fully saturated rings. The number of nitrogens with zero attached hydrogens (tertiary/aromatic N) is 2. The maximum atomic E-state index is 13.0. The van der Waals surface area contributed by atoms with Crippen molar-refractivity contribution in [2.45, 2.75) is 110 Å². The van der Waals surface area contributed by atoms with Crippen LogP contribution in [0.1, 0.15) is 20.7 Å². The first kappa shape index (κ1) is 56.9. The lowest BCUT2D eigenvalue weighted by atomic mass is 9.98. The molecule has 2 saturated heterocycles. The van der Waals surface area contributed by atoms with Crippen molar-refractivity contribution in [1.82, 2.24) is 31.2 Å². The maximum Gasteiger partial charge on any atom is 0.251 e. The molecule has 0 aromatic carbocycles. The Kier molecular flexibility index (Phi) is 23.2. The van der Waals surface area contributed by atoms with Gasteiger partial charge >= 0.3 is 0 Å². The molecule has 0 spiro atoms. The molecular weight excluding hydrogens is 916 g/mol. The molecule has 28 heteroatoms. The predicted octanol–water partition coefficient (Wildman–Crippen LogP) is -10.7. The number of aliphatic hydroxyl groups is 16. The van der Waals surface area contributed by atoms with Crippen LogP contribution in [0.3, 0.4) is 0 Å². The van der Waals surface area contributed by atoms with Crippen molar-refractivity contribution >= 4 is 11.8 Å². The van der Waals surface area contributed by atoms with Gasteiger partial charge < -0.3 is 122 Å². The molecule has 4 heterocycles. The fourth-order valence-electron chi connectivity index (χ4n) is 7.01. The van der Waals surface area contributed by atoms with Crippen molar-refractivity contribution in [3.63, 3.8) is 0 Å². The number of rotatable bonds is 27. The second-order valence-corrected chi connectivity index (χ2v) is 16.0. The first-order valence-electron chi connectivity index (χ1n) is 21.5. The number of amides is 2. The predicted molar refractivity (Wildman–Crippen MR) is 225 cm³/mol. The van der Waals surface area contributed by atoms with Gasteiger partial charge in [-0.15, -0.1) is 0 Å². The summed E-state index contributed by atoms with van der Waals surface area (Å²) in [5, 5.41) is 172. The summed E-state index contributed by atoms with van der Waals surface area (Å²) in [5.41, 5.74) is 0.779. The fraction of sp³-hybridized carbons (Fsp3) is 0.700. The molecule has 18 atom stereocenters. The minimum Gasteiger partial charge on any atom is -0.394 e. The van der Waals surface area contributed by atoms with Gasteiger partial charge in [-0.2, -0.15) is 0 Å². The van der Waals surface area contributed by atoms with E-state index in [0.29, 0.717) is 0 Å². The summed E-state index contributed by atoms with van der Waals surface area (Å²) in [4.78, 5) is 34.6. The molecule has 386 valence electrons. The number of carbonyl (C=O) groups is 2. The molecule has 4 rings (SSSR count). The van der Waals surface area contributed by atoms with Gasteiger partial charge in [0, 0.05) is 62.8 Å². The minimum absolute atomic E-state index is 0.00368. The second-order valence-electron chi connectivity index (χ2n) is 16.0. The molecule has 2 aromatic rings. The lowest BCUT2D eigenvalue weighted by Crippen LogP contribution is -2.62. The highest BCUT2D eigenvalue weighted by Gasteiger charge is 2.48. The van der Waals surface area contributed by atoms with Gasteiger partial charge in [-0.1, -0.05) is 0 Å². The van der Waals surface area contributed by atoms with E-state index >= 15 is 0 Å². The third kappa shape index (κ3) is 15.2. The number of aromatic nitrogens is 2. The zero-order valence-electron chi connectivity index (χ0n) is 36.4. The van der Waals surface area contributed by atoms with Crippen LogP contribution in [-0.2, 0) is 18.9 Å². The highest BCUT2D eigenvalue weighted by molar-refractivity contribution is 5.96. The van der Waals surface area contributed by atoms with Crippen molar-refractivity contribution in [3.8, 4) is 11.4 Å². The molecule has 0 radical (unpaired) electrons. The number of aliphatic hydroxyl groups excluding tert-OH is 16. The second kappa shape index (κ2) is 27.7. The van der Waals surface area contributed by atoms with Gasteiger partial charge in [-0.3, -0.25) is 19.6 Å². The SMILES string of the molecule is O=C(NCCNC[C@@H](O)[C@@H](O[C@@H]1O[C@H](CO)[C@@H](O)[C@H](O)[C@H]1O)[C@H](O)[C@@H](O)CO)c1ccnc(-c2cc(C(=O)NCCNC[C@@H](O)[C@@H](O[C@@H]3O[C@H](CO)[C@@H](O)[C@H](O)[C@H]3O)[C@H](O)[C@@H](O)CO)ccn2)c1. The number of pyridine rings is 2. The van der Waals surface area contributed by atoms with Crippen LogP contribution in [0.5, 0.6) is 0 Å². The Hall–Kier alpha value is -3.64. The number of hydrogen-bond acceptors (Lipinski definition) is 26. The summed E-state index contributed by atoms with van der Waals surface area (Å²) >= 11 is 0. The number of hydrogen-bond donors (Lipinski definition) is 20. The van der Waals surface area contributed by atoms with Gasteiger partial charge in [0.25, 0.3) is 11.8 Å². The zero-order chi connectivity index (χ0) is 50.2. The quantitative estimate of drug-likeness (QED) is 0.0370. The van der Waals surface area contributed by atoms with Crippen LogP contribution in [0.15, 0.2) is 36.7 Å². The largest absolute Gasteiger partial charge is 0.394 e. The first-order valence-corrected chi connectivity index (χ1v) is 21.5. The number of ether oxygens (including phenoxy) is 4. The highest BCUT2D eigenvalue weighted by atomic mass is 16.7. The Labute approximate surface area is 388 Å². The van der Waals surface area contributed by atoms with Gasteiger partial charge in [0.15, 0.2) is 12.6 Å². The van der Waals surface area contributed by atoms with Crippen LogP contribution in [0.2, 0.25) is 0 Å². The van der Waals surface area contributed by atoms with Crippen LogP contribution >= 0.6 is 0 Å². The summed E-state index contributed by atoms with van der Waals surface area (Å²) in [6.07, 6.45) is -28.8. The van der Waals surface area contributed by atoms with Crippen molar-refractivity contribution in [1.29, 1.82) is 0 Å². The van der Waals surface area contributed by atoms with Crippen LogP contribution in [0.4, 0.5) is 0 Å². The lowest BCUT2D eigenvalue weighted by Gasteiger charge is -2.42. The molecule has 0 bridgehead atoms. The summed E-state index contributed by atoms with van der Waals surface area (Å²) in [6.45, 7) is -4.05. The van der Waals surface area contributed by atoms with E-state index in [2.05, 4.69) is 31.2 Å². The lowest BCUT2D eigenvalue weighted by molar-refractivity contribution is -0.326. The minimum atomic E-state index is -1.94. The molecule has 2 aliphatic heterocycles. The van der Waals surface area contributed by atoms with Gasteiger partial charge in [0.05, 0.1) is 50.0 Å². The molecular formula is C40H64N6O22. The monoisotopic (exact) mass is 980 g/mol.